The lowest BCUT2D eigenvalue weighted by Crippen LogP contribution is -2.40. The van der Waals surface area contributed by atoms with Crippen LogP contribution in [0.3, 0.4) is 0 Å². The average Bonchev–Trinajstić information content (AvgIpc) is 3.29. The number of carbonyl (C=O) groups is 1. The van der Waals surface area contributed by atoms with Gasteiger partial charge in [0.2, 0.25) is 11.8 Å². The minimum atomic E-state index is -0.318. The van der Waals surface area contributed by atoms with Gasteiger partial charge in [-0.1, -0.05) is 17.7 Å². The van der Waals surface area contributed by atoms with Crippen molar-refractivity contribution in [1.82, 2.24) is 15.1 Å². The highest BCUT2D eigenvalue weighted by molar-refractivity contribution is 5.75. The largest absolute Gasteiger partial charge is 0.468 e. The van der Waals surface area contributed by atoms with Crippen LogP contribution in [0.1, 0.15) is 31.2 Å². The van der Waals surface area contributed by atoms with Gasteiger partial charge in [0, 0.05) is 11.6 Å². The zero-order valence-corrected chi connectivity index (χ0v) is 13.7. The third-order valence-corrected chi connectivity index (χ3v) is 4.11. The molecule has 1 saturated carbocycles. The lowest BCUT2D eigenvalue weighted by Gasteiger charge is -2.25. The van der Waals surface area contributed by atoms with E-state index < -0.39 is 0 Å². The molecule has 3 rings (SSSR count). The van der Waals surface area contributed by atoms with Crippen LogP contribution < -0.4 is 0 Å². The molecule has 0 aliphatic heterocycles. The van der Waals surface area contributed by atoms with Crippen molar-refractivity contribution >= 4 is 5.97 Å². The number of carbonyl (C=O) groups excluding carboxylic acids is 1. The molecule has 0 radical (unpaired) electrons. The van der Waals surface area contributed by atoms with E-state index >= 15 is 0 Å². The number of esters is 1. The molecule has 122 valence electrons. The molecule has 1 aliphatic rings. The summed E-state index contributed by atoms with van der Waals surface area (Å²) < 4.78 is 10.6. The highest BCUT2D eigenvalue weighted by Gasteiger charge is 2.36. The molecule has 1 fully saturated rings. The summed E-state index contributed by atoms with van der Waals surface area (Å²) in [5.41, 5.74) is 2.05. The van der Waals surface area contributed by atoms with Crippen LogP contribution in [-0.4, -0.2) is 40.3 Å². The van der Waals surface area contributed by atoms with Crippen molar-refractivity contribution in [2.24, 2.45) is 0 Å². The van der Waals surface area contributed by atoms with Gasteiger partial charge in [0.05, 0.1) is 13.7 Å². The van der Waals surface area contributed by atoms with Crippen molar-refractivity contribution < 1.29 is 13.9 Å². The Morgan fingerprint density at radius 3 is 2.87 bits per heavy atom. The van der Waals surface area contributed by atoms with Crippen LogP contribution in [-0.2, 0) is 16.1 Å². The number of methoxy groups -OCH3 is 1. The molecule has 1 aromatic heterocycles. The van der Waals surface area contributed by atoms with Gasteiger partial charge in [0.25, 0.3) is 0 Å². The van der Waals surface area contributed by atoms with E-state index in [2.05, 4.69) is 15.1 Å². The van der Waals surface area contributed by atoms with Crippen molar-refractivity contribution in [1.29, 1.82) is 0 Å². The molecule has 0 saturated heterocycles. The van der Waals surface area contributed by atoms with Crippen molar-refractivity contribution in [2.45, 2.75) is 45.3 Å². The standard InChI is InChI=1S/C17H21N3O3/c1-11-5-4-6-13(9-11)16-19-18-15(23-16)10-20(14-7-8-14)12(2)17(21)22-3/h4-6,9,12,14H,7-8,10H2,1-3H3/t12-/m0/s1. The maximum Gasteiger partial charge on any atom is 0.322 e. The first-order chi connectivity index (χ1) is 11.1. The van der Waals surface area contributed by atoms with Crippen molar-refractivity contribution in [2.75, 3.05) is 7.11 Å². The molecular formula is C17H21N3O3. The summed E-state index contributed by atoms with van der Waals surface area (Å²) in [5.74, 6) is 0.782. The van der Waals surface area contributed by atoms with Gasteiger partial charge < -0.3 is 9.15 Å². The number of ether oxygens (including phenoxy) is 1. The summed E-state index contributed by atoms with van der Waals surface area (Å²) >= 11 is 0. The van der Waals surface area contributed by atoms with Crippen molar-refractivity contribution in [3.8, 4) is 11.5 Å². The third-order valence-electron chi connectivity index (χ3n) is 4.11. The number of nitrogens with zero attached hydrogens (tertiary/aromatic N) is 3. The van der Waals surface area contributed by atoms with Crippen LogP contribution in [0, 0.1) is 6.92 Å². The molecule has 6 heteroatoms. The molecule has 1 aliphatic carbocycles. The lowest BCUT2D eigenvalue weighted by atomic mass is 10.1. The molecule has 1 aromatic carbocycles. The van der Waals surface area contributed by atoms with Gasteiger partial charge in [-0.05, 0) is 38.8 Å². The van der Waals surface area contributed by atoms with Crippen LogP contribution in [0.2, 0.25) is 0 Å². The minimum absolute atomic E-state index is 0.240. The van der Waals surface area contributed by atoms with E-state index in [-0.39, 0.29) is 12.0 Å². The summed E-state index contributed by atoms with van der Waals surface area (Å²) in [4.78, 5) is 13.9. The summed E-state index contributed by atoms with van der Waals surface area (Å²) in [6.45, 7) is 4.33. The molecule has 0 amide bonds. The number of aryl methyl sites for hydroxylation is 1. The Hall–Kier alpha value is -2.21. The maximum atomic E-state index is 11.8. The molecule has 2 aromatic rings. The van der Waals surface area contributed by atoms with E-state index in [0.717, 1.165) is 24.0 Å². The summed E-state index contributed by atoms with van der Waals surface area (Å²) in [7, 11) is 1.41. The van der Waals surface area contributed by atoms with Crippen LogP contribution in [0.25, 0.3) is 11.5 Å². The number of aromatic nitrogens is 2. The zero-order valence-electron chi connectivity index (χ0n) is 13.7. The van der Waals surface area contributed by atoms with Crippen molar-refractivity contribution in [3.63, 3.8) is 0 Å². The Bertz CT molecular complexity index is 694. The van der Waals surface area contributed by atoms with Crippen LogP contribution >= 0.6 is 0 Å². The SMILES string of the molecule is COC(=O)[C@H](C)N(Cc1nnc(-c2cccc(C)c2)o1)C1CC1. The fourth-order valence-electron chi connectivity index (χ4n) is 2.66. The van der Waals surface area contributed by atoms with Gasteiger partial charge in [-0.3, -0.25) is 9.69 Å². The van der Waals surface area contributed by atoms with Gasteiger partial charge in [0.15, 0.2) is 0 Å². The van der Waals surface area contributed by atoms with Gasteiger partial charge in [-0.15, -0.1) is 10.2 Å². The molecule has 0 N–H and O–H groups in total. The van der Waals surface area contributed by atoms with Gasteiger partial charge in [-0.25, -0.2) is 0 Å². The zero-order chi connectivity index (χ0) is 16.4. The quantitative estimate of drug-likeness (QED) is 0.763. The Morgan fingerprint density at radius 1 is 1.43 bits per heavy atom. The monoisotopic (exact) mass is 315 g/mol. The Labute approximate surface area is 135 Å². The first kappa shape index (κ1) is 15.7. The number of rotatable bonds is 6. The molecule has 0 spiro atoms. The number of benzene rings is 1. The third kappa shape index (κ3) is 3.59. The van der Waals surface area contributed by atoms with E-state index in [1.807, 2.05) is 38.1 Å². The molecule has 0 bridgehead atoms. The number of hydrogen-bond donors (Lipinski definition) is 0. The molecule has 1 heterocycles. The predicted molar refractivity (Wildman–Crippen MR) is 84.5 cm³/mol. The summed E-state index contributed by atoms with van der Waals surface area (Å²) in [6.07, 6.45) is 2.17. The molecule has 1 atom stereocenters. The van der Waals surface area contributed by atoms with E-state index in [1.54, 1.807) is 0 Å². The fraction of sp³-hybridized carbons (Fsp3) is 0.471. The van der Waals surface area contributed by atoms with Crippen molar-refractivity contribution in [3.05, 3.63) is 35.7 Å². The predicted octanol–water partition coefficient (Wildman–Crippen LogP) is 2.57. The highest BCUT2D eigenvalue weighted by Crippen LogP contribution is 2.30. The van der Waals surface area contributed by atoms with Gasteiger partial charge in [-0.2, -0.15) is 0 Å². The molecule has 0 unspecified atom stereocenters. The maximum absolute atomic E-state index is 11.8. The Kier molecular flexibility index (Phi) is 4.43. The molecular weight excluding hydrogens is 294 g/mol. The van der Waals surface area contributed by atoms with E-state index in [4.69, 9.17) is 9.15 Å². The van der Waals surface area contributed by atoms with Crippen LogP contribution in [0.5, 0.6) is 0 Å². The van der Waals surface area contributed by atoms with E-state index in [1.165, 1.54) is 7.11 Å². The smallest absolute Gasteiger partial charge is 0.322 e. The van der Waals surface area contributed by atoms with Crippen LogP contribution in [0.15, 0.2) is 28.7 Å². The van der Waals surface area contributed by atoms with Gasteiger partial charge in [0.1, 0.15) is 6.04 Å². The first-order valence-electron chi connectivity index (χ1n) is 7.81. The molecule has 23 heavy (non-hydrogen) atoms. The second-order valence-corrected chi connectivity index (χ2v) is 5.97. The minimum Gasteiger partial charge on any atom is -0.468 e. The van der Waals surface area contributed by atoms with E-state index in [0.29, 0.717) is 24.4 Å². The van der Waals surface area contributed by atoms with E-state index in [9.17, 15) is 4.79 Å². The Balaban J connectivity index is 1.75. The molecule has 6 nitrogen and oxygen atoms in total. The topological polar surface area (TPSA) is 68.5 Å². The van der Waals surface area contributed by atoms with Crippen LogP contribution in [0.4, 0.5) is 0 Å². The highest BCUT2D eigenvalue weighted by atomic mass is 16.5. The first-order valence-corrected chi connectivity index (χ1v) is 7.81. The fourth-order valence-corrected chi connectivity index (χ4v) is 2.66. The summed E-state index contributed by atoms with van der Waals surface area (Å²) in [5, 5.41) is 8.25. The normalized spacial score (nSPS) is 15.7. The van der Waals surface area contributed by atoms with Gasteiger partial charge >= 0.3 is 5.97 Å². The number of hydrogen-bond acceptors (Lipinski definition) is 6. The second kappa shape index (κ2) is 6.50. The second-order valence-electron chi connectivity index (χ2n) is 5.97. The average molecular weight is 315 g/mol. The Morgan fingerprint density at radius 2 is 2.22 bits per heavy atom. The summed E-state index contributed by atoms with van der Waals surface area (Å²) in [6, 6.07) is 8.01. The lowest BCUT2D eigenvalue weighted by molar-refractivity contribution is -0.146.